The molecular formula is C15H17N3O3S2. The molecule has 2 N–H and O–H groups in total. The first-order valence-corrected chi connectivity index (χ1v) is 9.03. The van der Waals surface area contributed by atoms with Gasteiger partial charge in [-0.15, -0.1) is 23.1 Å². The lowest BCUT2D eigenvalue weighted by Crippen LogP contribution is -2.19. The van der Waals surface area contributed by atoms with Gasteiger partial charge < -0.3 is 15.2 Å². The summed E-state index contributed by atoms with van der Waals surface area (Å²) in [6.45, 7) is 1.21. The number of methoxy groups -OCH3 is 1. The van der Waals surface area contributed by atoms with E-state index >= 15 is 0 Å². The van der Waals surface area contributed by atoms with Crippen molar-refractivity contribution in [3.8, 4) is 5.75 Å². The lowest BCUT2D eigenvalue weighted by atomic mass is 10.3. The SMILES string of the molecule is COC(=O)[C@H]1CSC(c2nc3cc(OCCCN)ccc3s2)=N1. The molecule has 0 amide bonds. The van der Waals surface area contributed by atoms with Gasteiger partial charge in [-0.25, -0.2) is 9.78 Å². The molecule has 23 heavy (non-hydrogen) atoms. The van der Waals surface area contributed by atoms with Gasteiger partial charge in [-0.05, 0) is 25.1 Å². The molecule has 2 aromatic rings. The average Bonchev–Trinajstić information content (AvgIpc) is 3.20. The van der Waals surface area contributed by atoms with Crippen LogP contribution in [-0.2, 0) is 9.53 Å². The maximum Gasteiger partial charge on any atom is 0.331 e. The summed E-state index contributed by atoms with van der Waals surface area (Å²) in [5.74, 6) is 1.09. The van der Waals surface area contributed by atoms with Crippen LogP contribution in [-0.4, -0.2) is 48.1 Å². The van der Waals surface area contributed by atoms with Crippen molar-refractivity contribution in [2.45, 2.75) is 12.5 Å². The van der Waals surface area contributed by atoms with Gasteiger partial charge >= 0.3 is 5.97 Å². The molecule has 0 fully saturated rings. The fourth-order valence-electron chi connectivity index (χ4n) is 2.11. The summed E-state index contributed by atoms with van der Waals surface area (Å²) in [7, 11) is 1.38. The number of aliphatic imine (C=N–C) groups is 1. The molecule has 1 atom stereocenters. The van der Waals surface area contributed by atoms with Crippen molar-refractivity contribution >= 4 is 44.3 Å². The Kier molecular flexibility index (Phi) is 5.14. The zero-order valence-electron chi connectivity index (χ0n) is 12.7. The van der Waals surface area contributed by atoms with Crippen molar-refractivity contribution < 1.29 is 14.3 Å². The van der Waals surface area contributed by atoms with E-state index in [9.17, 15) is 4.79 Å². The summed E-state index contributed by atoms with van der Waals surface area (Å²) < 4.78 is 11.4. The molecule has 0 bridgehead atoms. The normalized spacial score (nSPS) is 17.3. The van der Waals surface area contributed by atoms with Crippen LogP contribution >= 0.6 is 23.1 Å². The van der Waals surface area contributed by atoms with Gasteiger partial charge in [0, 0.05) is 11.8 Å². The third kappa shape index (κ3) is 3.65. The summed E-state index contributed by atoms with van der Waals surface area (Å²) in [6.07, 6.45) is 0.822. The molecule has 1 aliphatic heterocycles. The van der Waals surface area contributed by atoms with Crippen LogP contribution in [0, 0.1) is 0 Å². The number of nitrogens with zero attached hydrogens (tertiary/aromatic N) is 2. The van der Waals surface area contributed by atoms with E-state index in [2.05, 4.69) is 9.98 Å². The fraction of sp³-hybridized carbons (Fsp3) is 0.400. The van der Waals surface area contributed by atoms with Gasteiger partial charge in [-0.3, -0.25) is 4.99 Å². The van der Waals surface area contributed by atoms with Crippen LogP contribution in [0.25, 0.3) is 10.2 Å². The maximum atomic E-state index is 11.5. The zero-order valence-corrected chi connectivity index (χ0v) is 14.3. The second-order valence-electron chi connectivity index (χ2n) is 4.92. The molecule has 3 rings (SSSR count). The molecule has 0 unspecified atom stereocenters. The number of hydrogen-bond donors (Lipinski definition) is 1. The Bertz CT molecular complexity index is 745. The number of carbonyl (C=O) groups excluding carboxylic acids is 1. The zero-order chi connectivity index (χ0) is 16.2. The number of thioether (sulfide) groups is 1. The quantitative estimate of drug-likeness (QED) is 0.633. The Hall–Kier alpha value is -1.64. The standard InChI is InChI=1S/C15H17N3O3S2/c1-20-15(19)11-8-22-13(18-11)14-17-10-7-9(21-6-2-5-16)3-4-12(10)23-14/h3-4,7,11H,2,5-6,8,16H2,1H3/t11-/m1/s1. The molecule has 122 valence electrons. The van der Waals surface area contributed by atoms with Crippen molar-refractivity contribution in [1.29, 1.82) is 0 Å². The van der Waals surface area contributed by atoms with Gasteiger partial charge in [0.25, 0.3) is 0 Å². The smallest absolute Gasteiger partial charge is 0.331 e. The van der Waals surface area contributed by atoms with Crippen LogP contribution in [0.1, 0.15) is 11.4 Å². The predicted octanol–water partition coefficient (Wildman–Crippen LogP) is 2.06. The number of ether oxygens (including phenoxy) is 2. The number of fused-ring (bicyclic) bond motifs is 1. The van der Waals surface area contributed by atoms with E-state index in [-0.39, 0.29) is 5.97 Å². The topological polar surface area (TPSA) is 86.8 Å². The number of benzene rings is 1. The minimum atomic E-state index is -0.429. The first kappa shape index (κ1) is 16.2. The molecule has 1 aliphatic rings. The highest BCUT2D eigenvalue weighted by molar-refractivity contribution is 8.15. The second kappa shape index (κ2) is 7.29. The molecule has 8 heteroatoms. The maximum absolute atomic E-state index is 11.5. The highest BCUT2D eigenvalue weighted by atomic mass is 32.2. The van der Waals surface area contributed by atoms with E-state index in [1.54, 1.807) is 11.3 Å². The molecule has 0 aliphatic carbocycles. The largest absolute Gasteiger partial charge is 0.493 e. The van der Waals surface area contributed by atoms with E-state index in [0.717, 1.165) is 32.4 Å². The number of carbonyl (C=O) groups is 1. The third-order valence-electron chi connectivity index (χ3n) is 3.28. The molecule has 0 radical (unpaired) electrons. The summed E-state index contributed by atoms with van der Waals surface area (Å²) in [4.78, 5) is 20.6. The van der Waals surface area contributed by atoms with Crippen molar-refractivity contribution in [2.75, 3.05) is 26.0 Å². The van der Waals surface area contributed by atoms with E-state index in [1.807, 2.05) is 18.2 Å². The first-order valence-electron chi connectivity index (χ1n) is 7.23. The van der Waals surface area contributed by atoms with Crippen molar-refractivity contribution in [1.82, 2.24) is 4.98 Å². The monoisotopic (exact) mass is 351 g/mol. The predicted molar refractivity (Wildman–Crippen MR) is 93.6 cm³/mol. The van der Waals surface area contributed by atoms with Crippen LogP contribution in [0.2, 0.25) is 0 Å². The minimum absolute atomic E-state index is 0.302. The van der Waals surface area contributed by atoms with Gasteiger partial charge in [0.05, 0.1) is 23.9 Å². The highest BCUT2D eigenvalue weighted by Crippen LogP contribution is 2.31. The van der Waals surface area contributed by atoms with Gasteiger partial charge in [0.2, 0.25) is 0 Å². The van der Waals surface area contributed by atoms with E-state index < -0.39 is 6.04 Å². The van der Waals surface area contributed by atoms with Gasteiger partial charge in [-0.1, -0.05) is 0 Å². The lowest BCUT2D eigenvalue weighted by Gasteiger charge is -2.04. The summed E-state index contributed by atoms with van der Waals surface area (Å²) >= 11 is 3.10. The van der Waals surface area contributed by atoms with E-state index in [0.29, 0.717) is 18.9 Å². The molecule has 0 saturated heterocycles. The fourth-order valence-corrected chi connectivity index (χ4v) is 4.15. The Morgan fingerprint density at radius 3 is 3.13 bits per heavy atom. The summed E-state index contributed by atoms with van der Waals surface area (Å²) in [6, 6.07) is 5.42. The minimum Gasteiger partial charge on any atom is -0.493 e. The van der Waals surface area contributed by atoms with Gasteiger partial charge in [-0.2, -0.15) is 0 Å². The number of aromatic nitrogens is 1. The van der Waals surface area contributed by atoms with Gasteiger partial charge in [0.15, 0.2) is 6.04 Å². The average molecular weight is 351 g/mol. The van der Waals surface area contributed by atoms with Crippen LogP contribution in [0.5, 0.6) is 5.75 Å². The van der Waals surface area contributed by atoms with E-state index in [1.165, 1.54) is 18.9 Å². The van der Waals surface area contributed by atoms with Crippen LogP contribution in [0.15, 0.2) is 23.2 Å². The number of hydrogen-bond acceptors (Lipinski definition) is 8. The lowest BCUT2D eigenvalue weighted by molar-refractivity contribution is -0.141. The Labute approximate surface area is 142 Å². The van der Waals surface area contributed by atoms with Crippen LogP contribution in [0.4, 0.5) is 0 Å². The van der Waals surface area contributed by atoms with Crippen LogP contribution in [0.3, 0.4) is 0 Å². The molecule has 6 nitrogen and oxygen atoms in total. The van der Waals surface area contributed by atoms with Crippen molar-refractivity contribution in [3.05, 3.63) is 23.2 Å². The summed E-state index contributed by atoms with van der Waals surface area (Å²) in [5, 5.41) is 1.63. The number of rotatable bonds is 6. The Morgan fingerprint density at radius 2 is 2.35 bits per heavy atom. The third-order valence-corrected chi connectivity index (χ3v) is 5.51. The summed E-state index contributed by atoms with van der Waals surface area (Å²) in [5.41, 5.74) is 6.33. The first-order chi connectivity index (χ1) is 11.2. The molecule has 1 aromatic heterocycles. The number of nitrogens with two attached hydrogens (primary N) is 1. The van der Waals surface area contributed by atoms with E-state index in [4.69, 9.17) is 15.2 Å². The molecule has 1 aromatic carbocycles. The Balaban J connectivity index is 1.79. The molecule has 0 spiro atoms. The highest BCUT2D eigenvalue weighted by Gasteiger charge is 2.27. The van der Waals surface area contributed by atoms with Crippen molar-refractivity contribution in [3.63, 3.8) is 0 Å². The van der Waals surface area contributed by atoms with Crippen LogP contribution < -0.4 is 10.5 Å². The second-order valence-corrected chi connectivity index (χ2v) is 6.96. The Morgan fingerprint density at radius 1 is 1.48 bits per heavy atom. The van der Waals surface area contributed by atoms with Crippen molar-refractivity contribution in [2.24, 2.45) is 10.7 Å². The molecule has 0 saturated carbocycles. The van der Waals surface area contributed by atoms with Gasteiger partial charge in [0.1, 0.15) is 15.8 Å². The number of thiazole rings is 1. The molecular weight excluding hydrogens is 334 g/mol. The molecule has 2 heterocycles. The number of esters is 1.